The number of carbonyl (C=O) groups excluding carboxylic acids is 1. The van der Waals surface area contributed by atoms with Gasteiger partial charge in [0.1, 0.15) is 0 Å². The second-order valence-electron chi connectivity index (χ2n) is 6.63. The van der Waals surface area contributed by atoms with E-state index in [0.29, 0.717) is 0 Å². The number of hydrogen-bond acceptors (Lipinski definition) is 3. The zero-order valence-electron chi connectivity index (χ0n) is 12.8. The van der Waals surface area contributed by atoms with E-state index in [1.165, 1.54) is 12.8 Å². The van der Waals surface area contributed by atoms with Crippen LogP contribution in [0.2, 0.25) is 0 Å². The first kappa shape index (κ1) is 17.7. The third-order valence-electron chi connectivity index (χ3n) is 4.99. The fraction of sp³-hybridized carbons (Fsp3) is 0.933. The third-order valence-corrected chi connectivity index (χ3v) is 4.99. The maximum Gasteiger partial charge on any atom is 0.225 e. The van der Waals surface area contributed by atoms with Crippen LogP contribution < -0.4 is 10.6 Å². The molecule has 1 aliphatic heterocycles. The normalized spacial score (nSPS) is 23.9. The zero-order valence-corrected chi connectivity index (χ0v) is 13.6. The highest BCUT2D eigenvalue weighted by atomic mass is 35.5. The molecule has 0 spiro atoms. The SMILES string of the molecule is COCC1(CNC(=O)C2(C)CCCC2)CCNCC1.Cl. The topological polar surface area (TPSA) is 50.4 Å². The van der Waals surface area contributed by atoms with Crippen LogP contribution in [0.4, 0.5) is 0 Å². The minimum atomic E-state index is -0.124. The summed E-state index contributed by atoms with van der Waals surface area (Å²) in [5.74, 6) is 0.249. The molecule has 0 atom stereocenters. The van der Waals surface area contributed by atoms with Crippen LogP contribution in [-0.2, 0) is 9.53 Å². The van der Waals surface area contributed by atoms with Gasteiger partial charge in [0.25, 0.3) is 0 Å². The molecule has 0 aromatic rings. The summed E-state index contributed by atoms with van der Waals surface area (Å²) < 4.78 is 5.39. The molecule has 118 valence electrons. The van der Waals surface area contributed by atoms with Crippen molar-refractivity contribution in [1.82, 2.24) is 10.6 Å². The summed E-state index contributed by atoms with van der Waals surface area (Å²) in [6, 6.07) is 0. The average Bonchev–Trinajstić information content (AvgIpc) is 2.86. The lowest BCUT2D eigenvalue weighted by atomic mass is 9.79. The van der Waals surface area contributed by atoms with Crippen molar-refractivity contribution in [3.05, 3.63) is 0 Å². The molecule has 1 amide bonds. The number of halogens is 1. The quantitative estimate of drug-likeness (QED) is 0.818. The number of methoxy groups -OCH3 is 1. The summed E-state index contributed by atoms with van der Waals surface area (Å²) in [5.41, 5.74) is 0.00576. The number of ether oxygens (including phenoxy) is 1. The van der Waals surface area contributed by atoms with Crippen molar-refractivity contribution in [2.75, 3.05) is 33.4 Å². The molecule has 5 heteroatoms. The zero-order chi connectivity index (χ0) is 13.8. The van der Waals surface area contributed by atoms with Crippen molar-refractivity contribution in [1.29, 1.82) is 0 Å². The van der Waals surface area contributed by atoms with Crippen molar-refractivity contribution in [3.63, 3.8) is 0 Å². The van der Waals surface area contributed by atoms with E-state index in [2.05, 4.69) is 17.6 Å². The van der Waals surface area contributed by atoms with Crippen molar-refractivity contribution in [3.8, 4) is 0 Å². The van der Waals surface area contributed by atoms with Gasteiger partial charge in [-0.15, -0.1) is 12.4 Å². The molecule has 2 aliphatic rings. The molecule has 2 fully saturated rings. The van der Waals surface area contributed by atoms with E-state index in [-0.39, 0.29) is 29.1 Å². The van der Waals surface area contributed by atoms with Crippen LogP contribution in [0, 0.1) is 10.8 Å². The molecule has 0 radical (unpaired) electrons. The van der Waals surface area contributed by atoms with Crippen LogP contribution in [-0.4, -0.2) is 39.3 Å². The summed E-state index contributed by atoms with van der Waals surface area (Å²) >= 11 is 0. The van der Waals surface area contributed by atoms with Crippen LogP contribution >= 0.6 is 12.4 Å². The highest BCUT2D eigenvalue weighted by Gasteiger charge is 2.38. The Labute approximate surface area is 128 Å². The predicted octanol–water partition coefficient (Wildman–Crippen LogP) is 2.12. The third kappa shape index (κ3) is 4.09. The van der Waals surface area contributed by atoms with E-state index in [4.69, 9.17) is 4.74 Å². The number of piperidine rings is 1. The minimum Gasteiger partial charge on any atom is -0.384 e. The highest BCUT2D eigenvalue weighted by molar-refractivity contribution is 5.85. The van der Waals surface area contributed by atoms with Gasteiger partial charge < -0.3 is 15.4 Å². The molecule has 4 nitrogen and oxygen atoms in total. The van der Waals surface area contributed by atoms with Gasteiger partial charge >= 0.3 is 0 Å². The smallest absolute Gasteiger partial charge is 0.225 e. The highest BCUT2D eigenvalue weighted by Crippen LogP contribution is 2.38. The number of nitrogens with one attached hydrogen (secondary N) is 2. The standard InChI is InChI=1S/C15H28N2O2.ClH/c1-14(5-3-4-6-14)13(18)17-11-15(12-19-2)7-9-16-10-8-15;/h16H,3-12H2,1-2H3,(H,17,18);1H. The van der Waals surface area contributed by atoms with E-state index < -0.39 is 0 Å². The van der Waals surface area contributed by atoms with Gasteiger partial charge in [0.15, 0.2) is 0 Å². The molecule has 0 unspecified atom stereocenters. The van der Waals surface area contributed by atoms with Gasteiger partial charge in [-0.2, -0.15) is 0 Å². The molecule has 1 saturated heterocycles. The predicted molar refractivity (Wildman–Crippen MR) is 83.2 cm³/mol. The summed E-state index contributed by atoms with van der Waals surface area (Å²) in [5, 5.41) is 6.59. The summed E-state index contributed by atoms with van der Waals surface area (Å²) in [7, 11) is 1.75. The number of hydrogen-bond donors (Lipinski definition) is 2. The number of rotatable bonds is 5. The van der Waals surface area contributed by atoms with E-state index in [0.717, 1.165) is 51.9 Å². The van der Waals surface area contributed by atoms with E-state index in [1.54, 1.807) is 7.11 Å². The molecule has 1 aliphatic carbocycles. The van der Waals surface area contributed by atoms with Gasteiger partial charge in [-0.1, -0.05) is 19.8 Å². The van der Waals surface area contributed by atoms with Gasteiger partial charge in [-0.25, -0.2) is 0 Å². The van der Waals surface area contributed by atoms with Crippen molar-refractivity contribution in [2.24, 2.45) is 10.8 Å². The molecule has 1 saturated carbocycles. The Kier molecular flexibility index (Phi) is 6.76. The van der Waals surface area contributed by atoms with E-state index >= 15 is 0 Å². The van der Waals surface area contributed by atoms with Gasteiger partial charge in [-0.3, -0.25) is 4.79 Å². The molecular formula is C15H29ClN2O2. The number of amides is 1. The van der Waals surface area contributed by atoms with Crippen LogP contribution in [0.3, 0.4) is 0 Å². The van der Waals surface area contributed by atoms with Gasteiger partial charge in [0.05, 0.1) is 6.61 Å². The molecule has 20 heavy (non-hydrogen) atoms. The number of carbonyl (C=O) groups is 1. The van der Waals surface area contributed by atoms with Crippen LogP contribution in [0.1, 0.15) is 45.4 Å². The Hall–Kier alpha value is -0.320. The summed E-state index contributed by atoms with van der Waals surface area (Å²) in [6.07, 6.45) is 6.62. The molecule has 0 aromatic heterocycles. The average molecular weight is 305 g/mol. The summed E-state index contributed by atoms with van der Waals surface area (Å²) in [4.78, 5) is 12.4. The maximum absolute atomic E-state index is 12.4. The lowest BCUT2D eigenvalue weighted by Crippen LogP contribution is -2.49. The fourth-order valence-corrected chi connectivity index (χ4v) is 3.50. The first-order valence-electron chi connectivity index (χ1n) is 7.58. The second kappa shape index (κ2) is 7.62. The largest absolute Gasteiger partial charge is 0.384 e. The minimum absolute atomic E-state index is 0. The van der Waals surface area contributed by atoms with Gasteiger partial charge in [0.2, 0.25) is 5.91 Å². The van der Waals surface area contributed by atoms with Crippen molar-refractivity contribution in [2.45, 2.75) is 45.4 Å². The van der Waals surface area contributed by atoms with Crippen LogP contribution in [0.25, 0.3) is 0 Å². The van der Waals surface area contributed by atoms with E-state index in [1.807, 2.05) is 0 Å². The Morgan fingerprint density at radius 1 is 1.20 bits per heavy atom. The molecule has 0 bridgehead atoms. The second-order valence-corrected chi connectivity index (χ2v) is 6.63. The lowest BCUT2D eigenvalue weighted by molar-refractivity contribution is -0.130. The summed E-state index contributed by atoms with van der Waals surface area (Å²) in [6.45, 7) is 5.66. The Bertz CT molecular complexity index is 305. The Morgan fingerprint density at radius 3 is 2.35 bits per heavy atom. The Balaban J connectivity index is 0.00000200. The van der Waals surface area contributed by atoms with Crippen LogP contribution in [0.15, 0.2) is 0 Å². The molecular weight excluding hydrogens is 276 g/mol. The first-order chi connectivity index (χ1) is 9.10. The van der Waals surface area contributed by atoms with Gasteiger partial charge in [0, 0.05) is 24.5 Å². The van der Waals surface area contributed by atoms with Gasteiger partial charge in [-0.05, 0) is 38.8 Å². The van der Waals surface area contributed by atoms with E-state index in [9.17, 15) is 4.79 Å². The molecule has 2 N–H and O–H groups in total. The monoisotopic (exact) mass is 304 g/mol. The van der Waals surface area contributed by atoms with Crippen molar-refractivity contribution < 1.29 is 9.53 Å². The van der Waals surface area contributed by atoms with Crippen molar-refractivity contribution >= 4 is 18.3 Å². The molecule has 0 aromatic carbocycles. The first-order valence-corrected chi connectivity index (χ1v) is 7.58. The molecule has 1 heterocycles. The Morgan fingerprint density at radius 2 is 1.80 bits per heavy atom. The van der Waals surface area contributed by atoms with Crippen LogP contribution in [0.5, 0.6) is 0 Å². The molecule has 2 rings (SSSR count). The lowest BCUT2D eigenvalue weighted by Gasteiger charge is -2.38. The maximum atomic E-state index is 12.4. The fourth-order valence-electron chi connectivity index (χ4n) is 3.50.